The van der Waals surface area contributed by atoms with Gasteiger partial charge in [0.05, 0.1) is 11.8 Å². The van der Waals surface area contributed by atoms with Crippen LogP contribution in [0, 0.1) is 0 Å². The van der Waals surface area contributed by atoms with Gasteiger partial charge in [-0.15, -0.1) is 11.8 Å². The lowest BCUT2D eigenvalue weighted by Crippen LogP contribution is -2.42. The predicted molar refractivity (Wildman–Crippen MR) is 113 cm³/mol. The number of nitrogen functional groups attached to an aromatic ring is 2. The summed E-state index contributed by atoms with van der Waals surface area (Å²) in [7, 11) is 0. The van der Waals surface area contributed by atoms with Gasteiger partial charge in [-0.1, -0.05) is 12.1 Å². The third kappa shape index (κ3) is 3.88. The molecule has 0 saturated heterocycles. The van der Waals surface area contributed by atoms with Crippen molar-refractivity contribution >= 4 is 34.9 Å². The fourth-order valence-electron chi connectivity index (χ4n) is 3.20. The molecule has 0 aromatic heterocycles. The minimum Gasteiger partial charge on any atom is -0.399 e. The van der Waals surface area contributed by atoms with Crippen molar-refractivity contribution in [2.45, 2.75) is 31.2 Å². The highest BCUT2D eigenvalue weighted by Gasteiger charge is 2.27. The molecular weight excluding hydrogens is 358 g/mol. The number of hydrogen-bond acceptors (Lipinski definition) is 5. The van der Waals surface area contributed by atoms with Crippen LogP contribution in [0.1, 0.15) is 30.5 Å². The van der Waals surface area contributed by atoms with Crippen LogP contribution in [0.3, 0.4) is 0 Å². The number of nitrogens with one attached hydrogen (secondary N) is 1. The molecule has 142 valence electrons. The normalized spacial score (nSPS) is 16.3. The number of hydrazone groups is 1. The van der Waals surface area contributed by atoms with Crippen molar-refractivity contribution in [3.63, 3.8) is 0 Å². The Bertz CT molecular complexity index is 879. The first-order valence-electron chi connectivity index (χ1n) is 8.93. The smallest absolute Gasteiger partial charge is 0.338 e. The molecule has 0 fully saturated rings. The van der Waals surface area contributed by atoms with Crippen LogP contribution >= 0.6 is 11.8 Å². The highest BCUT2D eigenvalue weighted by atomic mass is 32.2. The van der Waals surface area contributed by atoms with Crippen molar-refractivity contribution in [2.24, 2.45) is 5.10 Å². The molecule has 0 bridgehead atoms. The second-order valence-corrected chi connectivity index (χ2v) is 7.40. The molecule has 7 heteroatoms. The predicted octanol–water partition coefficient (Wildman–Crippen LogP) is 3.30. The number of rotatable bonds is 3. The van der Waals surface area contributed by atoms with Gasteiger partial charge in [-0.3, -0.25) is 0 Å². The standard InChI is InChI=1S/C20H25N5OS/c1-4-23-20(26)25-12(2)9-14-10-18(27-3)17(22)11-16(14)19(24-25)13-5-7-15(21)8-6-13/h5-8,10-12H,4,9,21-22H2,1-3H3,(H,23,26). The Labute approximate surface area is 164 Å². The summed E-state index contributed by atoms with van der Waals surface area (Å²) < 4.78 is 0. The van der Waals surface area contributed by atoms with Crippen LogP contribution in [-0.2, 0) is 6.42 Å². The molecule has 27 heavy (non-hydrogen) atoms. The summed E-state index contributed by atoms with van der Waals surface area (Å²) in [5.74, 6) is 0. The third-order valence-electron chi connectivity index (χ3n) is 4.57. The molecule has 0 aliphatic carbocycles. The minimum absolute atomic E-state index is 0.0834. The molecule has 0 spiro atoms. The number of urea groups is 1. The second kappa shape index (κ2) is 7.92. The Balaban J connectivity index is 2.19. The van der Waals surface area contributed by atoms with E-state index in [0.717, 1.165) is 27.3 Å². The first-order valence-corrected chi connectivity index (χ1v) is 10.1. The summed E-state index contributed by atoms with van der Waals surface area (Å²) in [6.07, 6.45) is 2.70. The van der Waals surface area contributed by atoms with E-state index in [4.69, 9.17) is 16.6 Å². The molecule has 2 amide bonds. The van der Waals surface area contributed by atoms with E-state index in [-0.39, 0.29) is 12.1 Å². The van der Waals surface area contributed by atoms with Crippen LogP contribution in [0.15, 0.2) is 46.4 Å². The summed E-state index contributed by atoms with van der Waals surface area (Å²) in [5.41, 5.74) is 17.2. The molecule has 2 aromatic carbocycles. The molecule has 1 unspecified atom stereocenters. The first-order chi connectivity index (χ1) is 12.9. The molecule has 6 nitrogen and oxygen atoms in total. The lowest BCUT2D eigenvalue weighted by Gasteiger charge is -2.23. The zero-order chi connectivity index (χ0) is 19.6. The number of carbonyl (C=O) groups is 1. The Morgan fingerprint density at radius 3 is 2.63 bits per heavy atom. The van der Waals surface area contributed by atoms with Crippen LogP contribution in [-0.4, -0.2) is 35.6 Å². The van der Waals surface area contributed by atoms with E-state index < -0.39 is 0 Å². The quantitative estimate of drug-likeness (QED) is 0.560. The molecule has 3 rings (SSSR count). The van der Waals surface area contributed by atoms with Gasteiger partial charge in [-0.2, -0.15) is 5.10 Å². The SMILES string of the molecule is CCNC(=O)N1N=C(c2ccc(N)cc2)c2cc(N)c(SC)cc2CC1C. The number of hydrogen-bond donors (Lipinski definition) is 3. The van der Waals surface area contributed by atoms with E-state index in [9.17, 15) is 4.79 Å². The molecule has 0 saturated carbocycles. The van der Waals surface area contributed by atoms with Gasteiger partial charge in [-0.05, 0) is 56.4 Å². The lowest BCUT2D eigenvalue weighted by atomic mass is 9.94. The summed E-state index contributed by atoms with van der Waals surface area (Å²) in [4.78, 5) is 13.6. The Hall–Kier alpha value is -2.67. The molecule has 5 N–H and O–H groups in total. The molecular formula is C20H25N5OS. The fourth-order valence-corrected chi connectivity index (χ4v) is 3.76. The maximum absolute atomic E-state index is 12.6. The van der Waals surface area contributed by atoms with Gasteiger partial charge in [0.15, 0.2) is 0 Å². The zero-order valence-corrected chi connectivity index (χ0v) is 16.6. The van der Waals surface area contributed by atoms with Crippen molar-refractivity contribution in [1.29, 1.82) is 0 Å². The number of carbonyl (C=O) groups excluding carboxylic acids is 1. The number of nitrogens with zero attached hydrogens (tertiary/aromatic N) is 2. The van der Waals surface area contributed by atoms with Gasteiger partial charge in [0.25, 0.3) is 0 Å². The second-order valence-electron chi connectivity index (χ2n) is 6.56. The summed E-state index contributed by atoms with van der Waals surface area (Å²) in [6, 6.07) is 11.3. The molecule has 2 aromatic rings. The third-order valence-corrected chi connectivity index (χ3v) is 5.36. The van der Waals surface area contributed by atoms with Crippen molar-refractivity contribution in [2.75, 3.05) is 24.3 Å². The average molecular weight is 384 g/mol. The van der Waals surface area contributed by atoms with E-state index >= 15 is 0 Å². The van der Waals surface area contributed by atoms with Crippen LogP contribution in [0.2, 0.25) is 0 Å². The highest BCUT2D eigenvalue weighted by molar-refractivity contribution is 7.98. The van der Waals surface area contributed by atoms with Crippen LogP contribution in [0.4, 0.5) is 16.2 Å². The maximum Gasteiger partial charge on any atom is 0.338 e. The van der Waals surface area contributed by atoms with E-state index in [2.05, 4.69) is 11.4 Å². The molecule has 1 aliphatic heterocycles. The van der Waals surface area contributed by atoms with Gasteiger partial charge in [0, 0.05) is 33.9 Å². The Kier molecular flexibility index (Phi) is 5.60. The molecule has 1 aliphatic rings. The summed E-state index contributed by atoms with van der Waals surface area (Å²) in [5, 5.41) is 9.13. The van der Waals surface area contributed by atoms with Crippen molar-refractivity contribution in [1.82, 2.24) is 10.3 Å². The van der Waals surface area contributed by atoms with Crippen molar-refractivity contribution < 1.29 is 4.79 Å². The largest absolute Gasteiger partial charge is 0.399 e. The average Bonchev–Trinajstić information content (AvgIpc) is 2.78. The van der Waals surface area contributed by atoms with Gasteiger partial charge in [-0.25, -0.2) is 9.80 Å². The summed E-state index contributed by atoms with van der Waals surface area (Å²) >= 11 is 1.62. The maximum atomic E-state index is 12.6. The fraction of sp³-hybridized carbons (Fsp3) is 0.300. The summed E-state index contributed by atoms with van der Waals surface area (Å²) in [6.45, 7) is 4.44. The van der Waals surface area contributed by atoms with E-state index in [0.29, 0.717) is 24.3 Å². The van der Waals surface area contributed by atoms with E-state index in [1.165, 1.54) is 5.01 Å². The van der Waals surface area contributed by atoms with E-state index in [1.807, 2.05) is 50.4 Å². The van der Waals surface area contributed by atoms with Crippen LogP contribution < -0.4 is 16.8 Å². The molecule has 1 heterocycles. The van der Waals surface area contributed by atoms with Crippen molar-refractivity contribution in [3.05, 3.63) is 53.1 Å². The molecule has 1 atom stereocenters. The monoisotopic (exact) mass is 383 g/mol. The minimum atomic E-state index is -0.205. The van der Waals surface area contributed by atoms with Crippen LogP contribution in [0.5, 0.6) is 0 Å². The van der Waals surface area contributed by atoms with Crippen LogP contribution in [0.25, 0.3) is 0 Å². The number of thioether (sulfide) groups is 1. The Morgan fingerprint density at radius 2 is 2.00 bits per heavy atom. The molecule has 0 radical (unpaired) electrons. The zero-order valence-electron chi connectivity index (χ0n) is 15.8. The highest BCUT2D eigenvalue weighted by Crippen LogP contribution is 2.31. The lowest BCUT2D eigenvalue weighted by molar-refractivity contribution is 0.183. The van der Waals surface area contributed by atoms with Gasteiger partial charge in [0.2, 0.25) is 0 Å². The first kappa shape index (κ1) is 19.1. The van der Waals surface area contributed by atoms with Gasteiger partial charge in [0.1, 0.15) is 0 Å². The van der Waals surface area contributed by atoms with Crippen molar-refractivity contribution in [3.8, 4) is 0 Å². The number of anilines is 2. The topological polar surface area (TPSA) is 96.7 Å². The van der Waals surface area contributed by atoms with E-state index in [1.54, 1.807) is 11.8 Å². The van der Waals surface area contributed by atoms with Gasteiger partial charge >= 0.3 is 6.03 Å². The Morgan fingerprint density at radius 1 is 1.30 bits per heavy atom. The number of fused-ring (bicyclic) bond motifs is 1. The number of nitrogens with two attached hydrogens (primary N) is 2. The number of amides is 2. The van der Waals surface area contributed by atoms with Gasteiger partial charge < -0.3 is 16.8 Å². The number of benzene rings is 2.